The minimum absolute atomic E-state index is 0.404. The van der Waals surface area contributed by atoms with E-state index in [-0.39, 0.29) is 0 Å². The van der Waals surface area contributed by atoms with Crippen molar-refractivity contribution in [1.29, 1.82) is 0 Å². The average molecular weight is 278 g/mol. The fraction of sp³-hybridized carbons (Fsp3) is 0.231. The second-order valence-corrected chi connectivity index (χ2v) is 4.90. The Hall–Kier alpha value is -1.95. The van der Waals surface area contributed by atoms with E-state index >= 15 is 0 Å². The molecule has 1 aromatic heterocycles. The Morgan fingerprint density at radius 1 is 1.42 bits per heavy atom. The van der Waals surface area contributed by atoms with Crippen molar-refractivity contribution in [2.24, 2.45) is 0 Å². The van der Waals surface area contributed by atoms with Crippen molar-refractivity contribution < 1.29 is 13.9 Å². The van der Waals surface area contributed by atoms with Crippen molar-refractivity contribution in [2.45, 2.75) is 24.0 Å². The number of nitrogens with zero attached hydrogens (tertiary/aromatic N) is 1. The van der Waals surface area contributed by atoms with Gasteiger partial charge in [-0.2, -0.15) is 0 Å². The standard InChI is InChI=1S/C13H14N2O3S/c1-7-8(2)18-13(15-7)19-11-9(12(16)17-3)5-4-6-10(11)14/h4-6H,14H2,1-3H3. The van der Waals surface area contributed by atoms with Crippen LogP contribution in [-0.4, -0.2) is 18.1 Å². The van der Waals surface area contributed by atoms with E-state index in [1.54, 1.807) is 18.2 Å². The van der Waals surface area contributed by atoms with Gasteiger partial charge in [-0.1, -0.05) is 6.07 Å². The zero-order valence-electron chi connectivity index (χ0n) is 10.9. The first kappa shape index (κ1) is 13.5. The van der Waals surface area contributed by atoms with Crippen molar-refractivity contribution in [2.75, 3.05) is 12.8 Å². The molecule has 0 aliphatic rings. The van der Waals surface area contributed by atoms with Gasteiger partial charge in [-0.05, 0) is 37.7 Å². The van der Waals surface area contributed by atoms with Crippen molar-refractivity contribution >= 4 is 23.4 Å². The number of esters is 1. The van der Waals surface area contributed by atoms with Crippen LogP contribution in [0.1, 0.15) is 21.8 Å². The molecule has 0 unspecified atom stereocenters. The van der Waals surface area contributed by atoms with Crippen molar-refractivity contribution in [3.8, 4) is 0 Å². The molecule has 2 rings (SSSR count). The first-order valence-electron chi connectivity index (χ1n) is 5.61. The van der Waals surface area contributed by atoms with Gasteiger partial charge in [-0.3, -0.25) is 0 Å². The number of carbonyl (C=O) groups excluding carboxylic acids is 1. The number of benzene rings is 1. The van der Waals surface area contributed by atoms with Crippen molar-refractivity contribution in [3.63, 3.8) is 0 Å². The number of oxazole rings is 1. The minimum atomic E-state index is -0.435. The molecular weight excluding hydrogens is 264 g/mol. The molecule has 0 aliphatic carbocycles. The molecule has 0 radical (unpaired) electrons. The fourth-order valence-corrected chi connectivity index (χ4v) is 2.48. The van der Waals surface area contributed by atoms with Gasteiger partial charge in [0.1, 0.15) is 5.76 Å². The van der Waals surface area contributed by atoms with E-state index in [0.29, 0.717) is 21.4 Å². The zero-order chi connectivity index (χ0) is 14.0. The summed E-state index contributed by atoms with van der Waals surface area (Å²) in [5.74, 6) is 0.312. The van der Waals surface area contributed by atoms with Crippen LogP contribution in [0.2, 0.25) is 0 Å². The van der Waals surface area contributed by atoms with E-state index in [0.717, 1.165) is 11.5 Å². The van der Waals surface area contributed by atoms with E-state index in [1.165, 1.54) is 18.9 Å². The van der Waals surface area contributed by atoms with Crippen LogP contribution < -0.4 is 5.73 Å². The summed E-state index contributed by atoms with van der Waals surface area (Å²) in [6.07, 6.45) is 0. The molecule has 0 amide bonds. The third-order valence-corrected chi connectivity index (χ3v) is 3.66. The van der Waals surface area contributed by atoms with Gasteiger partial charge >= 0.3 is 5.97 Å². The molecule has 100 valence electrons. The maximum Gasteiger partial charge on any atom is 0.339 e. The molecule has 0 saturated carbocycles. The monoisotopic (exact) mass is 278 g/mol. The Morgan fingerprint density at radius 3 is 2.74 bits per heavy atom. The maximum absolute atomic E-state index is 11.7. The van der Waals surface area contributed by atoms with Crippen LogP contribution in [-0.2, 0) is 4.74 Å². The predicted molar refractivity (Wildman–Crippen MR) is 72.3 cm³/mol. The van der Waals surface area contributed by atoms with E-state index in [9.17, 15) is 4.79 Å². The third kappa shape index (κ3) is 2.73. The summed E-state index contributed by atoms with van der Waals surface area (Å²) < 4.78 is 10.2. The Kier molecular flexibility index (Phi) is 3.80. The van der Waals surface area contributed by atoms with Crippen molar-refractivity contribution in [3.05, 3.63) is 35.2 Å². The normalized spacial score (nSPS) is 10.5. The number of aryl methyl sites for hydroxylation is 2. The lowest BCUT2D eigenvalue weighted by atomic mass is 10.2. The fourth-order valence-electron chi connectivity index (χ4n) is 1.51. The van der Waals surface area contributed by atoms with Crippen LogP contribution in [0.3, 0.4) is 0 Å². The molecule has 0 atom stereocenters. The number of methoxy groups -OCH3 is 1. The number of hydrogen-bond donors (Lipinski definition) is 1. The SMILES string of the molecule is COC(=O)c1cccc(N)c1Sc1nc(C)c(C)o1. The predicted octanol–water partition coefficient (Wildman–Crippen LogP) is 2.81. The second-order valence-electron chi connectivity index (χ2n) is 3.94. The molecule has 6 heteroatoms. The molecule has 0 aliphatic heterocycles. The first-order chi connectivity index (χ1) is 9.02. The molecule has 1 aromatic carbocycles. The molecule has 2 N–H and O–H groups in total. The van der Waals surface area contributed by atoms with Gasteiger partial charge < -0.3 is 14.9 Å². The number of anilines is 1. The lowest BCUT2D eigenvalue weighted by Gasteiger charge is -2.08. The average Bonchev–Trinajstić information content (AvgIpc) is 2.70. The molecule has 1 heterocycles. The highest BCUT2D eigenvalue weighted by Crippen LogP contribution is 2.35. The Balaban J connectivity index is 2.41. The topological polar surface area (TPSA) is 78.4 Å². The maximum atomic E-state index is 11.7. The van der Waals surface area contributed by atoms with Crippen LogP contribution in [0, 0.1) is 13.8 Å². The highest BCUT2D eigenvalue weighted by molar-refractivity contribution is 7.99. The number of carbonyl (C=O) groups is 1. The van der Waals surface area contributed by atoms with Crippen LogP contribution in [0.25, 0.3) is 0 Å². The lowest BCUT2D eigenvalue weighted by molar-refractivity contribution is 0.0597. The van der Waals surface area contributed by atoms with E-state index in [2.05, 4.69) is 4.98 Å². The van der Waals surface area contributed by atoms with Gasteiger partial charge in [0.2, 0.25) is 0 Å². The Bertz CT molecular complexity index is 603. The van der Waals surface area contributed by atoms with Gasteiger partial charge in [0.25, 0.3) is 5.22 Å². The molecule has 2 aromatic rings. The molecule has 19 heavy (non-hydrogen) atoms. The largest absolute Gasteiger partial charge is 0.465 e. The van der Waals surface area contributed by atoms with Crippen molar-refractivity contribution in [1.82, 2.24) is 4.98 Å². The summed E-state index contributed by atoms with van der Waals surface area (Å²) in [4.78, 5) is 16.6. The molecular formula is C13H14N2O3S. The summed E-state index contributed by atoms with van der Waals surface area (Å²) in [6, 6.07) is 5.09. The number of aromatic nitrogens is 1. The second kappa shape index (κ2) is 5.36. The number of nitrogen functional groups attached to an aromatic ring is 1. The van der Waals surface area contributed by atoms with Crippen LogP contribution >= 0.6 is 11.8 Å². The Labute approximate surface area is 115 Å². The van der Waals surface area contributed by atoms with E-state index < -0.39 is 5.97 Å². The van der Waals surface area contributed by atoms with Crippen LogP contribution in [0.4, 0.5) is 5.69 Å². The molecule has 0 fully saturated rings. The van der Waals surface area contributed by atoms with E-state index in [1.807, 2.05) is 13.8 Å². The van der Waals surface area contributed by atoms with Crippen LogP contribution in [0.15, 0.2) is 32.7 Å². The molecule has 0 saturated heterocycles. The smallest absolute Gasteiger partial charge is 0.339 e. The first-order valence-corrected chi connectivity index (χ1v) is 6.43. The quantitative estimate of drug-likeness (QED) is 0.687. The van der Waals surface area contributed by atoms with Crippen LogP contribution in [0.5, 0.6) is 0 Å². The van der Waals surface area contributed by atoms with E-state index in [4.69, 9.17) is 14.9 Å². The van der Waals surface area contributed by atoms with Gasteiger partial charge in [-0.15, -0.1) is 0 Å². The Morgan fingerprint density at radius 2 is 2.16 bits per heavy atom. The molecule has 5 nitrogen and oxygen atoms in total. The number of ether oxygens (including phenoxy) is 1. The van der Waals surface area contributed by atoms with Gasteiger partial charge in [0.15, 0.2) is 0 Å². The number of nitrogens with two attached hydrogens (primary N) is 1. The van der Waals surface area contributed by atoms with Gasteiger partial charge in [0.05, 0.1) is 23.3 Å². The summed E-state index contributed by atoms with van der Waals surface area (Å²) in [5.41, 5.74) is 7.62. The summed E-state index contributed by atoms with van der Waals surface area (Å²) in [6.45, 7) is 3.69. The van der Waals surface area contributed by atoms with Gasteiger partial charge in [-0.25, -0.2) is 9.78 Å². The number of rotatable bonds is 3. The number of hydrogen-bond acceptors (Lipinski definition) is 6. The molecule has 0 bridgehead atoms. The minimum Gasteiger partial charge on any atom is -0.465 e. The highest BCUT2D eigenvalue weighted by atomic mass is 32.2. The lowest BCUT2D eigenvalue weighted by Crippen LogP contribution is -2.05. The third-order valence-electron chi connectivity index (χ3n) is 2.65. The molecule has 0 spiro atoms. The zero-order valence-corrected chi connectivity index (χ0v) is 11.7. The van der Waals surface area contributed by atoms with Gasteiger partial charge in [0, 0.05) is 5.69 Å². The summed E-state index contributed by atoms with van der Waals surface area (Å²) in [5, 5.41) is 0.457. The summed E-state index contributed by atoms with van der Waals surface area (Å²) >= 11 is 1.22. The highest BCUT2D eigenvalue weighted by Gasteiger charge is 2.18. The summed E-state index contributed by atoms with van der Waals surface area (Å²) in [7, 11) is 1.33.